The molecule has 5 heteroatoms. The highest BCUT2D eigenvalue weighted by atomic mass is 32.2. The van der Waals surface area contributed by atoms with Gasteiger partial charge in [-0.05, 0) is 54.6 Å². The number of aromatic nitrogens is 2. The summed E-state index contributed by atoms with van der Waals surface area (Å²) in [5, 5.41) is 0. The van der Waals surface area contributed by atoms with Crippen LogP contribution >= 0.6 is 11.8 Å². The molecular formula is C32H22N3OS+. The Balaban J connectivity index is 1.31. The molecule has 1 aliphatic rings. The zero-order valence-corrected chi connectivity index (χ0v) is 20.7. The van der Waals surface area contributed by atoms with Gasteiger partial charge < -0.3 is 4.90 Å². The highest BCUT2D eigenvalue weighted by molar-refractivity contribution is 7.99. The van der Waals surface area contributed by atoms with Crippen molar-refractivity contribution in [1.29, 1.82) is 0 Å². The minimum absolute atomic E-state index is 0.0379. The summed E-state index contributed by atoms with van der Waals surface area (Å²) in [7, 11) is 0. The number of carbonyl (C=O) groups is 1. The minimum Gasteiger partial charge on any atom is -0.308 e. The second-order valence-electron chi connectivity index (χ2n) is 8.92. The number of hydrogen-bond acceptors (Lipinski definition) is 3. The molecule has 0 saturated heterocycles. The first-order valence-electron chi connectivity index (χ1n) is 12.2. The molecule has 0 saturated carbocycles. The van der Waals surface area contributed by atoms with Crippen molar-refractivity contribution < 1.29 is 9.20 Å². The maximum absolute atomic E-state index is 13.8. The van der Waals surface area contributed by atoms with Crippen molar-refractivity contribution in [3.05, 3.63) is 139 Å². The number of ketones is 1. The molecule has 0 unspecified atom stereocenters. The number of aromatic amines is 1. The Bertz CT molecular complexity index is 1730. The van der Waals surface area contributed by atoms with Crippen molar-refractivity contribution in [2.75, 3.05) is 4.90 Å². The maximum atomic E-state index is 13.8. The highest BCUT2D eigenvalue weighted by Crippen LogP contribution is 2.51. The van der Waals surface area contributed by atoms with E-state index in [0.717, 1.165) is 34.0 Å². The van der Waals surface area contributed by atoms with E-state index in [-0.39, 0.29) is 5.78 Å². The molecule has 0 radical (unpaired) electrons. The monoisotopic (exact) mass is 496 g/mol. The van der Waals surface area contributed by atoms with Crippen LogP contribution in [0.1, 0.15) is 16.1 Å². The van der Waals surface area contributed by atoms with E-state index >= 15 is 0 Å². The molecule has 0 spiro atoms. The minimum atomic E-state index is -0.0379. The molecule has 2 aromatic heterocycles. The summed E-state index contributed by atoms with van der Waals surface area (Å²) in [4.78, 5) is 21.9. The molecule has 4 aromatic carbocycles. The number of pyridine rings is 1. The zero-order chi connectivity index (χ0) is 24.8. The van der Waals surface area contributed by atoms with Crippen LogP contribution in [0.5, 0.6) is 0 Å². The number of imidazole rings is 1. The van der Waals surface area contributed by atoms with E-state index in [1.807, 2.05) is 83.4 Å². The summed E-state index contributed by atoms with van der Waals surface area (Å²) in [6, 6.07) is 40.8. The van der Waals surface area contributed by atoms with Crippen LogP contribution in [0.2, 0.25) is 0 Å². The average Bonchev–Trinajstić information content (AvgIpc) is 3.36. The number of fused-ring (bicyclic) bond motifs is 3. The van der Waals surface area contributed by atoms with Gasteiger partial charge in [0.05, 0.1) is 17.6 Å². The lowest BCUT2D eigenvalue weighted by Gasteiger charge is -2.32. The summed E-state index contributed by atoms with van der Waals surface area (Å²) < 4.78 is 2.04. The largest absolute Gasteiger partial charge is 0.308 e. The number of hydrogen-bond donors (Lipinski definition) is 1. The summed E-state index contributed by atoms with van der Waals surface area (Å²) in [5.41, 5.74) is 7.25. The van der Waals surface area contributed by atoms with Crippen LogP contribution < -0.4 is 9.30 Å². The predicted molar refractivity (Wildman–Crippen MR) is 148 cm³/mol. The molecule has 37 heavy (non-hydrogen) atoms. The number of para-hydroxylation sites is 2. The normalized spacial score (nSPS) is 12.3. The van der Waals surface area contributed by atoms with Crippen molar-refractivity contribution in [2.24, 2.45) is 0 Å². The Labute approximate surface area is 218 Å². The highest BCUT2D eigenvalue weighted by Gasteiger charge is 2.28. The summed E-state index contributed by atoms with van der Waals surface area (Å²) in [6.45, 7) is 0. The molecule has 0 atom stereocenters. The van der Waals surface area contributed by atoms with Gasteiger partial charge in [0.15, 0.2) is 5.69 Å². The zero-order valence-electron chi connectivity index (χ0n) is 19.8. The van der Waals surface area contributed by atoms with Gasteiger partial charge in [-0.1, -0.05) is 72.4 Å². The Morgan fingerprint density at radius 2 is 1.30 bits per heavy atom. The van der Waals surface area contributed by atoms with E-state index in [2.05, 4.69) is 58.4 Å². The van der Waals surface area contributed by atoms with Gasteiger partial charge in [-0.15, -0.1) is 0 Å². The fourth-order valence-corrected chi connectivity index (χ4v) is 6.04. The maximum Gasteiger partial charge on any atom is 0.285 e. The van der Waals surface area contributed by atoms with Gasteiger partial charge in [0.1, 0.15) is 0 Å². The standard InChI is InChI=1S/C32H21N3OS/c36-32(30-31(22-10-2-1-3-11-22)34-21-9-8-16-29(34)33-30)23-17-19-24(20-18-23)35-25-12-4-6-14-27(25)37-28-15-7-5-13-26(28)35/h1-21H/p+1. The SMILES string of the molecule is O=C(c1ccc(N2c3ccccc3Sc3ccccc32)cc1)c1[nH]c2cccc[n+]2c1-c1ccccc1. The molecule has 7 rings (SSSR count). The van der Waals surface area contributed by atoms with Gasteiger partial charge >= 0.3 is 0 Å². The van der Waals surface area contributed by atoms with Gasteiger partial charge in [0.25, 0.3) is 5.65 Å². The number of carbonyl (C=O) groups excluding carboxylic acids is 1. The van der Waals surface area contributed by atoms with E-state index in [1.165, 1.54) is 9.79 Å². The van der Waals surface area contributed by atoms with Crippen LogP contribution in [0.25, 0.3) is 16.9 Å². The van der Waals surface area contributed by atoms with Gasteiger partial charge in [-0.2, -0.15) is 4.40 Å². The molecule has 6 aromatic rings. The van der Waals surface area contributed by atoms with Crippen molar-refractivity contribution in [3.8, 4) is 11.3 Å². The van der Waals surface area contributed by atoms with Crippen molar-refractivity contribution in [1.82, 2.24) is 4.98 Å². The third-order valence-electron chi connectivity index (χ3n) is 6.68. The van der Waals surface area contributed by atoms with Crippen molar-refractivity contribution in [3.63, 3.8) is 0 Å². The second kappa shape index (κ2) is 8.80. The van der Waals surface area contributed by atoms with E-state index in [1.54, 1.807) is 11.8 Å². The van der Waals surface area contributed by atoms with E-state index < -0.39 is 0 Å². The van der Waals surface area contributed by atoms with Crippen LogP contribution in [0, 0.1) is 0 Å². The van der Waals surface area contributed by atoms with Crippen molar-refractivity contribution in [2.45, 2.75) is 9.79 Å². The van der Waals surface area contributed by atoms with Crippen LogP contribution in [0.3, 0.4) is 0 Å². The van der Waals surface area contributed by atoms with E-state index in [9.17, 15) is 4.79 Å². The van der Waals surface area contributed by atoms with Crippen LogP contribution in [-0.2, 0) is 0 Å². The summed E-state index contributed by atoms with van der Waals surface area (Å²) in [5.74, 6) is -0.0379. The Morgan fingerprint density at radius 3 is 2.00 bits per heavy atom. The molecule has 0 fully saturated rings. The van der Waals surface area contributed by atoms with E-state index in [0.29, 0.717) is 11.3 Å². The fraction of sp³-hybridized carbons (Fsp3) is 0. The lowest BCUT2D eigenvalue weighted by molar-refractivity contribution is -0.497. The van der Waals surface area contributed by atoms with Crippen LogP contribution in [0.4, 0.5) is 17.1 Å². The Kier molecular flexibility index (Phi) is 5.15. The number of nitrogens with one attached hydrogen (secondary N) is 1. The van der Waals surface area contributed by atoms with Crippen LogP contribution in [-0.4, -0.2) is 10.8 Å². The summed E-state index contributed by atoms with van der Waals surface area (Å²) >= 11 is 1.79. The van der Waals surface area contributed by atoms with Crippen LogP contribution in [0.15, 0.2) is 137 Å². The number of anilines is 3. The summed E-state index contributed by atoms with van der Waals surface area (Å²) in [6.07, 6.45) is 1.98. The van der Waals surface area contributed by atoms with Crippen molar-refractivity contribution >= 4 is 40.3 Å². The first-order valence-corrected chi connectivity index (χ1v) is 13.0. The molecule has 3 heterocycles. The molecule has 0 amide bonds. The molecule has 1 N–H and O–H groups in total. The lowest BCUT2D eigenvalue weighted by Crippen LogP contribution is -2.22. The Hall–Kier alpha value is -4.61. The number of rotatable bonds is 4. The molecular weight excluding hydrogens is 474 g/mol. The predicted octanol–water partition coefficient (Wildman–Crippen LogP) is 7.59. The fourth-order valence-electron chi connectivity index (χ4n) is 4.98. The molecule has 176 valence electrons. The average molecular weight is 497 g/mol. The topological polar surface area (TPSA) is 40.2 Å². The second-order valence-corrected chi connectivity index (χ2v) is 10.0. The Morgan fingerprint density at radius 1 is 0.676 bits per heavy atom. The van der Waals surface area contributed by atoms with Gasteiger partial charge in [-0.25, -0.2) is 4.98 Å². The molecule has 0 bridgehead atoms. The van der Waals surface area contributed by atoms with Gasteiger partial charge in [-0.3, -0.25) is 4.79 Å². The molecule has 0 aliphatic carbocycles. The molecule has 4 nitrogen and oxygen atoms in total. The number of benzene rings is 4. The number of nitrogens with zero attached hydrogens (tertiary/aromatic N) is 2. The third kappa shape index (κ3) is 3.63. The lowest BCUT2D eigenvalue weighted by atomic mass is 10.0. The first kappa shape index (κ1) is 21.7. The third-order valence-corrected chi connectivity index (χ3v) is 7.82. The first-order chi connectivity index (χ1) is 18.3. The smallest absolute Gasteiger partial charge is 0.285 e. The quantitative estimate of drug-likeness (QED) is 0.202. The number of H-pyrrole nitrogens is 1. The van der Waals surface area contributed by atoms with E-state index in [4.69, 9.17) is 0 Å². The van der Waals surface area contributed by atoms with Gasteiger partial charge in [0, 0.05) is 32.7 Å². The molecule has 1 aliphatic heterocycles. The van der Waals surface area contributed by atoms with Gasteiger partial charge in [0.2, 0.25) is 11.5 Å².